The molecule has 2 aromatic carbocycles. The van der Waals surface area contributed by atoms with E-state index in [1.807, 2.05) is 21.3 Å². The Morgan fingerprint density at radius 2 is 1.16 bits per heavy atom. The maximum atomic E-state index is 14.5. The number of hydrogen-bond donors (Lipinski definition) is 17. The molecule has 36 heteroatoms. The predicted octanol–water partition coefficient (Wildman–Crippen LogP) is -4.57. The second-order valence-corrected chi connectivity index (χ2v) is 21.2. The van der Waals surface area contributed by atoms with Gasteiger partial charge in [-0.3, -0.25) is 48.1 Å². The van der Waals surface area contributed by atoms with Gasteiger partial charge in [0.05, 0.1) is 25.4 Å². The van der Waals surface area contributed by atoms with E-state index in [-0.39, 0.29) is 44.1 Å². The molecule has 31 nitrogen and oxygen atoms in total. The second kappa shape index (κ2) is 37.2. The van der Waals surface area contributed by atoms with E-state index in [1.54, 1.807) is 52.8 Å². The topological polar surface area (TPSA) is 512 Å². The van der Waals surface area contributed by atoms with Crippen LogP contribution < -0.4 is 75.5 Å². The highest BCUT2D eigenvalue weighted by molar-refractivity contribution is 5.99. The van der Waals surface area contributed by atoms with Crippen LogP contribution in [0, 0.1) is 46.8 Å². The number of esters is 1. The lowest BCUT2D eigenvalue weighted by atomic mass is 9.96. The highest BCUT2D eigenvalue weighted by Crippen LogP contribution is 2.29. The van der Waals surface area contributed by atoms with Crippen molar-refractivity contribution in [3.8, 4) is 5.75 Å². The van der Waals surface area contributed by atoms with Crippen molar-refractivity contribution in [2.45, 2.75) is 147 Å². The van der Waals surface area contributed by atoms with E-state index < -0.39 is 205 Å². The highest BCUT2D eigenvalue weighted by Gasteiger charge is 2.39. The number of ether oxygens (including phenoxy) is 2. The molecule has 1 unspecified atom stereocenters. The van der Waals surface area contributed by atoms with Crippen molar-refractivity contribution in [1.82, 2.24) is 47.9 Å². The van der Waals surface area contributed by atoms with E-state index in [0.29, 0.717) is 5.56 Å². The molecule has 0 saturated carbocycles. The first-order chi connectivity index (χ1) is 42.1. The van der Waals surface area contributed by atoms with Crippen molar-refractivity contribution in [3.63, 3.8) is 0 Å². The van der Waals surface area contributed by atoms with Gasteiger partial charge in [-0.05, 0) is 49.5 Å². The minimum Gasteiger partial charge on any atom is -0.445 e. The van der Waals surface area contributed by atoms with E-state index in [9.17, 15) is 95.1 Å². The summed E-state index contributed by atoms with van der Waals surface area (Å²) in [5.74, 6) is -29.9. The van der Waals surface area contributed by atoms with Gasteiger partial charge < -0.3 is 101 Å². The van der Waals surface area contributed by atoms with Gasteiger partial charge in [-0.25, -0.2) is 22.8 Å². The molecule has 0 aliphatic carbocycles. The average Bonchev–Trinajstić information content (AvgIpc) is 1.39. The van der Waals surface area contributed by atoms with Crippen molar-refractivity contribution in [2.75, 3.05) is 26.2 Å². The lowest BCUT2D eigenvalue weighted by molar-refractivity contribution is -0.140. The summed E-state index contributed by atoms with van der Waals surface area (Å²) >= 11 is 0. The molecule has 2 aromatic rings. The number of guanidine groups is 1. The Morgan fingerprint density at radius 3 is 1.69 bits per heavy atom. The first-order valence-corrected chi connectivity index (χ1v) is 27.9. The minimum atomic E-state index is -2.64. The van der Waals surface area contributed by atoms with Crippen LogP contribution >= 0.6 is 0 Å². The number of alkyl carbamates (subject to hydrolysis) is 1. The second-order valence-electron chi connectivity index (χ2n) is 21.2. The van der Waals surface area contributed by atoms with E-state index in [4.69, 9.17) is 27.7 Å². The molecule has 21 N–H and O–H groups in total. The van der Waals surface area contributed by atoms with Gasteiger partial charge in [-0.1, -0.05) is 78.3 Å². The van der Waals surface area contributed by atoms with Gasteiger partial charge >= 0.3 is 12.1 Å². The zero-order valence-corrected chi connectivity index (χ0v) is 50.1. The molecule has 0 fully saturated rings. The monoisotopic (exact) mass is 1290 g/mol. The Hall–Kier alpha value is -8.87. The number of nitrogens with one attached hydrogen (secondary N) is 9. The normalized spacial score (nSPS) is 15.2. The maximum absolute atomic E-state index is 14.5. The summed E-state index contributed by atoms with van der Waals surface area (Å²) in [6.45, 7) is 6.73. The van der Waals surface area contributed by atoms with E-state index >= 15 is 0 Å². The summed E-state index contributed by atoms with van der Waals surface area (Å²) in [5, 5.41) is 61.2. The lowest BCUT2D eigenvalue weighted by Gasteiger charge is -2.30. The van der Waals surface area contributed by atoms with Crippen molar-refractivity contribution in [1.29, 1.82) is 0 Å². The molecule has 2 rings (SSSR count). The first-order valence-electron chi connectivity index (χ1n) is 27.9. The smallest absolute Gasteiger partial charge is 0.408 e. The zero-order chi connectivity index (χ0) is 68.4. The van der Waals surface area contributed by atoms with Gasteiger partial charge in [-0.15, -0.1) is 0 Å². The molecular formula is C54H79F5N14O17. The highest BCUT2D eigenvalue weighted by atomic mass is 19.2. The minimum absolute atomic E-state index is 0.0161. The number of aliphatic hydroxyl groups excluding tert-OH is 4. The van der Waals surface area contributed by atoms with Crippen LogP contribution in [0.5, 0.6) is 5.75 Å². The fourth-order valence-electron chi connectivity index (χ4n) is 7.87. The Morgan fingerprint density at radius 1 is 0.611 bits per heavy atom. The van der Waals surface area contributed by atoms with Crippen LogP contribution in [0.15, 0.2) is 35.3 Å². The molecule has 0 radical (unpaired) electrons. The molecule has 0 saturated heterocycles. The molecular weight excluding hydrogens is 1210 g/mol. The molecule has 90 heavy (non-hydrogen) atoms. The van der Waals surface area contributed by atoms with Crippen LogP contribution in [0.4, 0.5) is 26.7 Å². The van der Waals surface area contributed by atoms with Gasteiger partial charge in [0, 0.05) is 13.1 Å². The Labute approximate surface area is 512 Å². The van der Waals surface area contributed by atoms with E-state index in [1.165, 1.54) is 19.1 Å². The Bertz CT molecular complexity index is 2850. The SMILES string of the molecule is CC[C@H](C)[C@H](NC(=O)[C@@H](CCCN=C(N)N)NC(=O)C(CC(C)C)NC(=O)[C@@H](N)[C@H](O)C(C)C)C(=O)N[C@H](C(=O)NCC(=O)N[C@H](C(=O)N[C@@H](CO)C(=O)NC[C@H](NC(=O)OCc1ccccc1)C(=O)Oc1c(F)c(F)c(F)c(F)c1F)[C@H](O)C(N)=O)[C@H](C)O. The van der Waals surface area contributed by atoms with Crippen molar-refractivity contribution >= 4 is 71.2 Å². The quantitative estimate of drug-likeness (QED) is 0.00446. The average molecular weight is 1290 g/mol. The van der Waals surface area contributed by atoms with E-state index in [0.717, 1.165) is 6.92 Å². The molecule has 10 amide bonds. The molecule has 0 bridgehead atoms. The van der Waals surface area contributed by atoms with Crippen LogP contribution in [0.2, 0.25) is 0 Å². The van der Waals surface area contributed by atoms with Gasteiger partial charge in [-0.2, -0.15) is 8.78 Å². The number of nitrogens with zero attached hydrogens (tertiary/aromatic N) is 1. The molecule has 0 heterocycles. The zero-order valence-electron chi connectivity index (χ0n) is 50.1. The number of benzene rings is 2. The Balaban J connectivity index is 2.31. The summed E-state index contributed by atoms with van der Waals surface area (Å²) in [7, 11) is 0. The molecule has 0 aromatic heterocycles. The number of hydrogen-bond acceptors (Lipinski definition) is 19. The third-order valence-corrected chi connectivity index (χ3v) is 13.2. The first kappa shape index (κ1) is 77.2. The van der Waals surface area contributed by atoms with Crippen molar-refractivity contribution in [3.05, 3.63) is 65.0 Å². The number of halogens is 5. The molecule has 502 valence electrons. The van der Waals surface area contributed by atoms with Crippen molar-refractivity contribution in [2.24, 2.45) is 45.7 Å². The standard InChI is InChI=1S/C54H79F5N14O17/c1-8-24(6)38(72-46(81)27(15-12-16-64-53(62)63)67-47(82)28(17-22(2)3)68-48(83)37(60)41(77)23(4)5)50(85)73-39(25(7)75)49(84)66-19-31(76)71-40(42(78)44(61)79)51(86)69-30(20-74)45(80)65-18-29(70-54(88)89-21-26-13-10-9-11-14-26)52(87)90-43-35(58)33(56)32(55)34(57)36(43)59/h9-11,13-14,22-25,27-30,37-42,74-75,77-78H,8,12,15-21,60H2,1-7H3,(H2,61,79)(H,65,80)(H,66,84)(H,67,82)(H,68,83)(H,69,86)(H,70,88)(H,71,76)(H,72,81)(H,73,85)(H4,62,63,64)/t24-,25-,27+,28?,29-,30-,37-,38-,39-,40-,41+,42-/m0/s1. The Kier molecular flexibility index (Phi) is 31.9. The maximum Gasteiger partial charge on any atom is 0.408 e. The van der Waals surface area contributed by atoms with Crippen LogP contribution in [0.1, 0.15) is 79.7 Å². The largest absolute Gasteiger partial charge is 0.445 e. The van der Waals surface area contributed by atoms with Crippen molar-refractivity contribution < 1.29 is 105 Å². The number of carbonyl (C=O) groups excluding carboxylic acids is 11. The van der Waals surface area contributed by atoms with Crippen LogP contribution in [0.25, 0.3) is 0 Å². The van der Waals surface area contributed by atoms with Gasteiger partial charge in [0.25, 0.3) is 0 Å². The third-order valence-electron chi connectivity index (χ3n) is 13.2. The number of nitrogens with two attached hydrogens (primary N) is 4. The predicted molar refractivity (Wildman–Crippen MR) is 305 cm³/mol. The number of aliphatic hydroxyl groups is 4. The summed E-state index contributed by atoms with van der Waals surface area (Å²) in [6.07, 6.45) is -6.95. The van der Waals surface area contributed by atoms with Gasteiger partial charge in [0.1, 0.15) is 54.9 Å². The number of carbonyl (C=O) groups is 11. The number of aliphatic imine (C=N–C) groups is 1. The van der Waals surface area contributed by atoms with Crippen LogP contribution in [0.3, 0.4) is 0 Å². The molecule has 12 atom stereocenters. The number of amides is 10. The fraction of sp³-hybridized carbons (Fsp3) is 0.556. The molecule has 0 aliphatic rings. The van der Waals surface area contributed by atoms with E-state index in [2.05, 4.69) is 36.3 Å². The van der Waals surface area contributed by atoms with Gasteiger partial charge in [0.2, 0.25) is 88.0 Å². The van der Waals surface area contributed by atoms with Crippen LogP contribution in [-0.2, 0) is 59.3 Å². The summed E-state index contributed by atoms with van der Waals surface area (Å²) in [6, 6.07) is -6.80. The van der Waals surface area contributed by atoms with Crippen LogP contribution in [-0.4, -0.2) is 185 Å². The number of rotatable bonds is 36. The summed E-state index contributed by atoms with van der Waals surface area (Å²) < 4.78 is 80.0. The summed E-state index contributed by atoms with van der Waals surface area (Å²) in [4.78, 5) is 151. The molecule has 0 spiro atoms. The molecule has 0 aliphatic heterocycles. The lowest BCUT2D eigenvalue weighted by Crippen LogP contribution is -2.63. The third kappa shape index (κ3) is 24.3. The summed E-state index contributed by atoms with van der Waals surface area (Å²) in [5.41, 5.74) is 22.4. The van der Waals surface area contributed by atoms with Gasteiger partial charge in [0.15, 0.2) is 12.1 Å². The fourth-order valence-corrected chi connectivity index (χ4v) is 7.87. The number of primary amides is 1.